The van der Waals surface area contributed by atoms with Gasteiger partial charge in [-0.05, 0) is 6.07 Å². The molecule has 0 bridgehead atoms. The molecule has 1 rings (SSSR count). The van der Waals surface area contributed by atoms with E-state index in [1.807, 2.05) is 18.2 Å². The summed E-state index contributed by atoms with van der Waals surface area (Å²) in [5, 5.41) is 8.41. The Morgan fingerprint density at radius 3 is 2.86 bits per heavy atom. The third-order valence-corrected chi connectivity index (χ3v) is 1.78. The first kappa shape index (κ1) is 10.4. The summed E-state index contributed by atoms with van der Waals surface area (Å²) in [6.07, 6.45) is 0. The van der Waals surface area contributed by atoms with Gasteiger partial charge in [0, 0.05) is 12.1 Å². The maximum Gasteiger partial charge on any atom is 0.174 e. The van der Waals surface area contributed by atoms with Crippen molar-refractivity contribution in [1.82, 2.24) is 0 Å². The van der Waals surface area contributed by atoms with E-state index < -0.39 is 0 Å². The van der Waals surface area contributed by atoms with Gasteiger partial charge >= 0.3 is 0 Å². The molecule has 1 aromatic carbocycles. The summed E-state index contributed by atoms with van der Waals surface area (Å²) in [5.74, 6) is 1.15. The van der Waals surface area contributed by atoms with Gasteiger partial charge in [-0.25, -0.2) is 0 Å². The monoisotopic (exact) mass is 192 g/mol. The van der Waals surface area contributed by atoms with Crippen molar-refractivity contribution < 1.29 is 9.47 Å². The Bertz CT molecular complexity index is 322. The van der Waals surface area contributed by atoms with E-state index >= 15 is 0 Å². The molecule has 0 aliphatic rings. The highest BCUT2D eigenvalue weighted by Crippen LogP contribution is 2.30. The predicted molar refractivity (Wildman–Crippen MR) is 52.0 cm³/mol. The van der Waals surface area contributed by atoms with Crippen molar-refractivity contribution in [2.75, 3.05) is 13.7 Å². The summed E-state index contributed by atoms with van der Waals surface area (Å²) in [7, 11) is 1.55. The van der Waals surface area contributed by atoms with Crippen LogP contribution in [0.4, 0.5) is 0 Å². The summed E-state index contributed by atoms with van der Waals surface area (Å²) in [6.45, 7) is 0.353. The predicted octanol–water partition coefficient (Wildman–Crippen LogP) is 1.06. The number of para-hydroxylation sites is 1. The Labute approximate surface area is 82.9 Å². The molecule has 2 N–H and O–H groups in total. The van der Waals surface area contributed by atoms with Crippen molar-refractivity contribution >= 4 is 0 Å². The lowest BCUT2D eigenvalue weighted by atomic mass is 10.2. The number of hydrogen-bond acceptors (Lipinski definition) is 4. The van der Waals surface area contributed by atoms with Crippen LogP contribution in [0, 0.1) is 11.3 Å². The fraction of sp³-hybridized carbons (Fsp3) is 0.300. The van der Waals surface area contributed by atoms with Crippen LogP contribution in [-0.2, 0) is 6.54 Å². The first-order chi connectivity index (χ1) is 6.83. The minimum absolute atomic E-state index is 0.00657. The maximum absolute atomic E-state index is 8.41. The second-order valence-electron chi connectivity index (χ2n) is 2.60. The number of rotatable bonds is 4. The quantitative estimate of drug-likeness (QED) is 0.774. The highest BCUT2D eigenvalue weighted by molar-refractivity contribution is 5.46. The molecule has 0 saturated heterocycles. The minimum atomic E-state index is -0.00657. The number of nitrogens with zero attached hydrogens (tertiary/aromatic N) is 1. The van der Waals surface area contributed by atoms with E-state index in [-0.39, 0.29) is 6.61 Å². The van der Waals surface area contributed by atoms with Crippen LogP contribution >= 0.6 is 0 Å². The van der Waals surface area contributed by atoms with Crippen LogP contribution in [0.1, 0.15) is 5.56 Å². The highest BCUT2D eigenvalue weighted by atomic mass is 16.5. The van der Waals surface area contributed by atoms with Crippen molar-refractivity contribution in [1.29, 1.82) is 5.26 Å². The zero-order valence-electron chi connectivity index (χ0n) is 7.99. The molecule has 0 aromatic heterocycles. The molecular weight excluding hydrogens is 180 g/mol. The Hall–Kier alpha value is -1.73. The fourth-order valence-corrected chi connectivity index (χ4v) is 1.15. The van der Waals surface area contributed by atoms with Crippen LogP contribution in [0.3, 0.4) is 0 Å². The van der Waals surface area contributed by atoms with Gasteiger partial charge in [-0.15, -0.1) is 0 Å². The molecule has 0 fully saturated rings. The van der Waals surface area contributed by atoms with Crippen molar-refractivity contribution in [3.8, 4) is 17.6 Å². The third kappa shape index (κ3) is 2.15. The Balaban J connectivity index is 3.00. The Kier molecular flexibility index (Phi) is 3.77. The van der Waals surface area contributed by atoms with Crippen LogP contribution in [-0.4, -0.2) is 13.7 Å². The molecule has 0 amide bonds. The van der Waals surface area contributed by atoms with E-state index in [0.717, 1.165) is 5.56 Å². The van der Waals surface area contributed by atoms with Crippen LogP contribution in [0.5, 0.6) is 11.5 Å². The number of hydrogen-bond donors (Lipinski definition) is 1. The van der Waals surface area contributed by atoms with Crippen LogP contribution in [0.2, 0.25) is 0 Å². The lowest BCUT2D eigenvalue weighted by Crippen LogP contribution is -2.04. The fourth-order valence-electron chi connectivity index (χ4n) is 1.15. The minimum Gasteiger partial charge on any atom is -0.493 e. The van der Waals surface area contributed by atoms with Gasteiger partial charge in [-0.3, -0.25) is 0 Å². The van der Waals surface area contributed by atoms with Gasteiger partial charge in [0.2, 0.25) is 0 Å². The molecule has 0 atom stereocenters. The summed E-state index contributed by atoms with van der Waals surface area (Å²) in [4.78, 5) is 0. The zero-order chi connectivity index (χ0) is 10.4. The standard InChI is InChI=1S/C10H12N2O2/c1-13-9-4-2-3-8(7-12)10(9)14-6-5-11/h2-4H,6-7,12H2,1H3. The molecule has 1 aromatic rings. The molecule has 4 nitrogen and oxygen atoms in total. The van der Waals surface area contributed by atoms with Gasteiger partial charge in [0.1, 0.15) is 6.07 Å². The van der Waals surface area contributed by atoms with E-state index in [1.54, 1.807) is 13.2 Å². The third-order valence-electron chi connectivity index (χ3n) is 1.78. The first-order valence-electron chi connectivity index (χ1n) is 4.19. The van der Waals surface area contributed by atoms with Crippen LogP contribution < -0.4 is 15.2 Å². The molecule has 0 aliphatic carbocycles. The van der Waals surface area contributed by atoms with E-state index in [1.165, 1.54) is 0 Å². The molecule has 0 radical (unpaired) electrons. The van der Waals surface area contributed by atoms with Crippen molar-refractivity contribution in [3.05, 3.63) is 23.8 Å². The number of ether oxygens (including phenoxy) is 2. The molecule has 0 unspecified atom stereocenters. The molecule has 0 spiro atoms. The Morgan fingerprint density at radius 2 is 2.29 bits per heavy atom. The van der Waals surface area contributed by atoms with Gasteiger partial charge in [0.15, 0.2) is 18.1 Å². The lowest BCUT2D eigenvalue weighted by molar-refractivity contribution is 0.326. The molecular formula is C10H12N2O2. The number of nitrogens with two attached hydrogens (primary N) is 1. The van der Waals surface area contributed by atoms with Gasteiger partial charge in [0.25, 0.3) is 0 Å². The summed E-state index contributed by atoms with van der Waals surface area (Å²) in [6, 6.07) is 7.35. The average molecular weight is 192 g/mol. The highest BCUT2D eigenvalue weighted by Gasteiger charge is 2.08. The first-order valence-corrected chi connectivity index (χ1v) is 4.19. The van der Waals surface area contributed by atoms with Gasteiger partial charge < -0.3 is 15.2 Å². The largest absolute Gasteiger partial charge is 0.493 e. The van der Waals surface area contributed by atoms with Crippen molar-refractivity contribution in [2.24, 2.45) is 5.73 Å². The molecule has 14 heavy (non-hydrogen) atoms. The van der Waals surface area contributed by atoms with Gasteiger partial charge in [-0.1, -0.05) is 12.1 Å². The lowest BCUT2D eigenvalue weighted by Gasteiger charge is -2.11. The van der Waals surface area contributed by atoms with E-state index in [0.29, 0.717) is 18.0 Å². The molecule has 4 heteroatoms. The van der Waals surface area contributed by atoms with Crippen molar-refractivity contribution in [3.63, 3.8) is 0 Å². The molecule has 0 heterocycles. The maximum atomic E-state index is 8.41. The van der Waals surface area contributed by atoms with Gasteiger partial charge in [-0.2, -0.15) is 5.26 Å². The summed E-state index contributed by atoms with van der Waals surface area (Å²) >= 11 is 0. The van der Waals surface area contributed by atoms with Crippen LogP contribution in [0.15, 0.2) is 18.2 Å². The average Bonchev–Trinajstić information content (AvgIpc) is 2.25. The topological polar surface area (TPSA) is 68.3 Å². The molecule has 74 valence electrons. The number of methoxy groups -OCH3 is 1. The summed E-state index contributed by atoms with van der Waals surface area (Å²) in [5.41, 5.74) is 6.36. The van der Waals surface area contributed by atoms with Crippen molar-refractivity contribution in [2.45, 2.75) is 6.54 Å². The van der Waals surface area contributed by atoms with E-state index in [4.69, 9.17) is 20.5 Å². The Morgan fingerprint density at radius 1 is 1.50 bits per heavy atom. The smallest absolute Gasteiger partial charge is 0.174 e. The number of benzene rings is 1. The molecule has 0 aliphatic heterocycles. The second-order valence-corrected chi connectivity index (χ2v) is 2.60. The zero-order valence-corrected chi connectivity index (χ0v) is 7.99. The van der Waals surface area contributed by atoms with Gasteiger partial charge in [0.05, 0.1) is 7.11 Å². The normalized spacial score (nSPS) is 9.21. The second kappa shape index (κ2) is 5.10. The van der Waals surface area contributed by atoms with Crippen LogP contribution in [0.25, 0.3) is 0 Å². The number of nitriles is 1. The molecule has 0 saturated carbocycles. The van der Waals surface area contributed by atoms with E-state index in [2.05, 4.69) is 0 Å². The van der Waals surface area contributed by atoms with E-state index in [9.17, 15) is 0 Å². The summed E-state index contributed by atoms with van der Waals surface area (Å²) < 4.78 is 10.3. The SMILES string of the molecule is COc1cccc(CN)c1OCC#N.